The average Bonchev–Trinajstić information content (AvgIpc) is 2.29. The van der Waals surface area contributed by atoms with Gasteiger partial charge in [0.15, 0.2) is 0 Å². The third kappa shape index (κ3) is 3.76. The van der Waals surface area contributed by atoms with Gasteiger partial charge in [-0.25, -0.2) is 0 Å². The Morgan fingerprint density at radius 3 is 2.38 bits per heavy atom. The molecule has 0 saturated carbocycles. The highest BCUT2D eigenvalue weighted by atomic mass is 14.9. The molecule has 96 valence electrons. The quantitative estimate of drug-likeness (QED) is 0.713. The minimum absolute atomic E-state index is 0.797. The molecule has 0 aromatic carbocycles. The first-order chi connectivity index (χ1) is 7.70. The molecule has 1 heteroatoms. The van der Waals surface area contributed by atoms with E-state index in [-0.39, 0.29) is 0 Å². The van der Waals surface area contributed by atoms with Gasteiger partial charge in [0.2, 0.25) is 0 Å². The van der Waals surface area contributed by atoms with E-state index in [1.807, 2.05) is 0 Å². The molecule has 1 nitrogen and oxygen atoms in total. The van der Waals surface area contributed by atoms with Gasteiger partial charge in [-0.05, 0) is 37.1 Å². The van der Waals surface area contributed by atoms with Crippen molar-refractivity contribution in [2.75, 3.05) is 6.54 Å². The second-order valence-electron chi connectivity index (χ2n) is 5.83. The number of hydrogen-bond acceptors (Lipinski definition) is 1. The highest BCUT2D eigenvalue weighted by Gasteiger charge is 2.31. The fraction of sp³-hybridized carbons (Fsp3) is 1.00. The molecule has 1 saturated heterocycles. The Balaban J connectivity index is 2.63. The van der Waals surface area contributed by atoms with Crippen LogP contribution >= 0.6 is 0 Å². The highest BCUT2D eigenvalue weighted by molar-refractivity contribution is 4.85. The highest BCUT2D eigenvalue weighted by Crippen LogP contribution is 2.33. The summed E-state index contributed by atoms with van der Waals surface area (Å²) >= 11 is 0. The molecule has 0 amide bonds. The predicted octanol–water partition coefficient (Wildman–Crippen LogP) is 4.23. The summed E-state index contributed by atoms with van der Waals surface area (Å²) in [6.45, 7) is 10.8. The fourth-order valence-corrected chi connectivity index (χ4v) is 3.58. The van der Waals surface area contributed by atoms with E-state index in [0.29, 0.717) is 0 Å². The molecule has 16 heavy (non-hydrogen) atoms. The lowest BCUT2D eigenvalue weighted by Crippen LogP contribution is -2.45. The van der Waals surface area contributed by atoms with Crippen LogP contribution in [0.1, 0.15) is 66.2 Å². The normalized spacial score (nSPS) is 25.7. The van der Waals surface area contributed by atoms with Crippen LogP contribution in [0.3, 0.4) is 0 Å². The number of nitrogens with one attached hydrogen (secondary N) is 1. The molecule has 1 aliphatic rings. The molecule has 1 rings (SSSR count). The molecule has 3 atom stereocenters. The Kier molecular flexibility index (Phi) is 6.41. The van der Waals surface area contributed by atoms with Crippen molar-refractivity contribution in [3.63, 3.8) is 0 Å². The van der Waals surface area contributed by atoms with E-state index in [1.165, 1.54) is 45.1 Å². The van der Waals surface area contributed by atoms with Gasteiger partial charge in [-0.1, -0.05) is 53.4 Å². The van der Waals surface area contributed by atoms with Crippen molar-refractivity contribution < 1.29 is 0 Å². The van der Waals surface area contributed by atoms with Crippen LogP contribution in [0, 0.1) is 17.8 Å². The Hall–Kier alpha value is -0.0400. The summed E-state index contributed by atoms with van der Waals surface area (Å²) in [6.07, 6.45) is 8.33. The Morgan fingerprint density at radius 1 is 1.19 bits per heavy atom. The van der Waals surface area contributed by atoms with Crippen molar-refractivity contribution in [1.29, 1.82) is 0 Å². The van der Waals surface area contributed by atoms with Gasteiger partial charge < -0.3 is 5.32 Å². The Morgan fingerprint density at radius 2 is 1.94 bits per heavy atom. The van der Waals surface area contributed by atoms with E-state index in [1.54, 1.807) is 0 Å². The zero-order valence-electron chi connectivity index (χ0n) is 11.8. The smallest absolute Gasteiger partial charge is 0.0100 e. The Bertz CT molecular complexity index is 166. The van der Waals surface area contributed by atoms with Crippen LogP contribution in [0.5, 0.6) is 0 Å². The van der Waals surface area contributed by atoms with Crippen LogP contribution in [0.2, 0.25) is 0 Å². The van der Waals surface area contributed by atoms with Gasteiger partial charge in [0.1, 0.15) is 0 Å². The standard InChI is InChI=1S/C15H31N/c1-5-9-13(6-2)15(12(3)4)14-10-7-8-11-16-14/h12-16H,5-11H2,1-4H3. The first-order valence-electron chi connectivity index (χ1n) is 7.44. The summed E-state index contributed by atoms with van der Waals surface area (Å²) in [5.74, 6) is 2.65. The molecule has 1 heterocycles. The van der Waals surface area contributed by atoms with Gasteiger partial charge in [-0.15, -0.1) is 0 Å². The average molecular weight is 225 g/mol. The summed E-state index contributed by atoms with van der Waals surface area (Å²) in [6, 6.07) is 0.797. The number of hydrogen-bond donors (Lipinski definition) is 1. The number of piperidine rings is 1. The molecule has 0 bridgehead atoms. The molecular weight excluding hydrogens is 194 g/mol. The summed E-state index contributed by atoms with van der Waals surface area (Å²) < 4.78 is 0. The van der Waals surface area contributed by atoms with Crippen molar-refractivity contribution in [1.82, 2.24) is 5.32 Å². The van der Waals surface area contributed by atoms with Gasteiger partial charge >= 0.3 is 0 Å². The second-order valence-corrected chi connectivity index (χ2v) is 5.83. The van der Waals surface area contributed by atoms with Crippen molar-refractivity contribution in [2.24, 2.45) is 17.8 Å². The van der Waals surface area contributed by atoms with Crippen molar-refractivity contribution in [3.8, 4) is 0 Å². The van der Waals surface area contributed by atoms with Crippen LogP contribution in [0.25, 0.3) is 0 Å². The molecule has 0 radical (unpaired) electrons. The molecule has 0 aromatic heterocycles. The first kappa shape index (κ1) is 14.0. The lowest BCUT2D eigenvalue weighted by Gasteiger charge is -2.39. The molecule has 1 N–H and O–H groups in total. The van der Waals surface area contributed by atoms with Crippen LogP contribution in [-0.4, -0.2) is 12.6 Å². The maximum absolute atomic E-state index is 3.77. The molecule has 0 aromatic rings. The summed E-state index contributed by atoms with van der Waals surface area (Å²) in [5.41, 5.74) is 0. The topological polar surface area (TPSA) is 12.0 Å². The molecule has 1 fully saturated rings. The Labute approximate surface area is 102 Å². The van der Waals surface area contributed by atoms with Crippen LogP contribution in [0.15, 0.2) is 0 Å². The van der Waals surface area contributed by atoms with Crippen molar-refractivity contribution in [3.05, 3.63) is 0 Å². The SMILES string of the molecule is CCCC(CC)C(C(C)C)C1CCCCN1. The summed E-state index contributed by atoms with van der Waals surface area (Å²) in [5, 5.41) is 3.77. The monoisotopic (exact) mass is 225 g/mol. The van der Waals surface area contributed by atoms with Crippen LogP contribution in [-0.2, 0) is 0 Å². The minimum atomic E-state index is 0.797. The maximum Gasteiger partial charge on any atom is 0.0100 e. The third-order valence-electron chi connectivity index (χ3n) is 4.31. The van der Waals surface area contributed by atoms with Crippen molar-refractivity contribution in [2.45, 2.75) is 72.3 Å². The largest absolute Gasteiger partial charge is 0.314 e. The first-order valence-corrected chi connectivity index (χ1v) is 7.44. The molecule has 0 aliphatic carbocycles. The van der Waals surface area contributed by atoms with E-state index in [4.69, 9.17) is 0 Å². The van der Waals surface area contributed by atoms with Gasteiger partial charge in [-0.3, -0.25) is 0 Å². The van der Waals surface area contributed by atoms with Gasteiger partial charge in [0.25, 0.3) is 0 Å². The van der Waals surface area contributed by atoms with Crippen LogP contribution < -0.4 is 5.32 Å². The minimum Gasteiger partial charge on any atom is -0.314 e. The zero-order valence-corrected chi connectivity index (χ0v) is 11.8. The predicted molar refractivity (Wildman–Crippen MR) is 72.7 cm³/mol. The van der Waals surface area contributed by atoms with E-state index in [0.717, 1.165) is 23.8 Å². The van der Waals surface area contributed by atoms with E-state index >= 15 is 0 Å². The van der Waals surface area contributed by atoms with E-state index in [2.05, 4.69) is 33.0 Å². The van der Waals surface area contributed by atoms with Gasteiger partial charge in [-0.2, -0.15) is 0 Å². The molecular formula is C15H31N. The van der Waals surface area contributed by atoms with E-state index in [9.17, 15) is 0 Å². The summed E-state index contributed by atoms with van der Waals surface area (Å²) in [7, 11) is 0. The number of rotatable bonds is 6. The van der Waals surface area contributed by atoms with Crippen molar-refractivity contribution >= 4 is 0 Å². The molecule has 1 aliphatic heterocycles. The molecule has 3 unspecified atom stereocenters. The lowest BCUT2D eigenvalue weighted by molar-refractivity contribution is 0.150. The van der Waals surface area contributed by atoms with Crippen LogP contribution in [0.4, 0.5) is 0 Å². The second kappa shape index (κ2) is 7.32. The van der Waals surface area contributed by atoms with E-state index < -0.39 is 0 Å². The zero-order chi connectivity index (χ0) is 12.0. The third-order valence-corrected chi connectivity index (χ3v) is 4.31. The summed E-state index contributed by atoms with van der Waals surface area (Å²) in [4.78, 5) is 0. The van der Waals surface area contributed by atoms with Gasteiger partial charge in [0, 0.05) is 6.04 Å². The maximum atomic E-state index is 3.77. The van der Waals surface area contributed by atoms with Gasteiger partial charge in [0.05, 0.1) is 0 Å². The molecule has 0 spiro atoms. The lowest BCUT2D eigenvalue weighted by atomic mass is 9.73. The fourth-order valence-electron chi connectivity index (χ4n) is 3.58.